The van der Waals surface area contributed by atoms with Gasteiger partial charge in [-0.3, -0.25) is 9.59 Å². The zero-order valence-electron chi connectivity index (χ0n) is 16.8. The first-order valence-corrected chi connectivity index (χ1v) is 12.2. The molecule has 4 rings (SSSR count). The Morgan fingerprint density at radius 3 is 2.61 bits per heavy atom. The van der Waals surface area contributed by atoms with E-state index < -0.39 is 0 Å². The fraction of sp³-hybridized carbons (Fsp3) is 0.300. The number of aromatic nitrogens is 2. The number of morpholine rings is 1. The number of ether oxygens (including phenoxy) is 1. The van der Waals surface area contributed by atoms with Crippen molar-refractivity contribution >= 4 is 56.4 Å². The van der Waals surface area contributed by atoms with Crippen LogP contribution in [0.5, 0.6) is 0 Å². The number of nitrogens with zero attached hydrogens (tertiary/aromatic N) is 3. The summed E-state index contributed by atoms with van der Waals surface area (Å²) in [5.41, 5.74) is 8.02. The molecular weight excluding hydrogens is 454 g/mol. The van der Waals surface area contributed by atoms with Gasteiger partial charge in [-0.2, -0.15) is 0 Å². The van der Waals surface area contributed by atoms with Crippen LogP contribution in [0.4, 0.5) is 10.1 Å². The Morgan fingerprint density at radius 1 is 1.19 bits per heavy atom. The van der Waals surface area contributed by atoms with Gasteiger partial charge in [0.05, 0.1) is 24.5 Å². The minimum Gasteiger partial charge on any atom is -0.378 e. The number of nitrogens with two attached hydrogens (primary N) is 1. The van der Waals surface area contributed by atoms with Crippen molar-refractivity contribution in [2.75, 3.05) is 43.1 Å². The van der Waals surface area contributed by atoms with Gasteiger partial charge in [0.15, 0.2) is 4.34 Å². The maximum absolute atomic E-state index is 13.3. The molecule has 8 nitrogen and oxygen atoms in total. The van der Waals surface area contributed by atoms with Gasteiger partial charge in [0.1, 0.15) is 5.00 Å². The number of carbonyl (C=O) groups excluding carboxylic acids is 2. The molecule has 3 heterocycles. The van der Waals surface area contributed by atoms with E-state index in [2.05, 4.69) is 15.5 Å². The number of hydrogen-bond donors (Lipinski definition) is 2. The maximum atomic E-state index is 13.3. The highest BCUT2D eigenvalue weighted by molar-refractivity contribution is 8.01. The van der Waals surface area contributed by atoms with Crippen LogP contribution in [0.2, 0.25) is 0 Å². The minimum atomic E-state index is -0.212. The number of hydrogen-bond acceptors (Lipinski definition) is 9. The average Bonchev–Trinajstić information content (AvgIpc) is 3.35. The Balaban J connectivity index is 1.59. The van der Waals surface area contributed by atoms with Crippen LogP contribution in [-0.2, 0) is 9.53 Å². The summed E-state index contributed by atoms with van der Waals surface area (Å²) in [6.07, 6.45) is 0. The molecule has 162 valence electrons. The summed E-state index contributed by atoms with van der Waals surface area (Å²) in [5.74, 6) is -0.146. The number of anilines is 2. The molecule has 0 spiro atoms. The van der Waals surface area contributed by atoms with Crippen LogP contribution >= 0.6 is 34.4 Å². The molecule has 0 aliphatic carbocycles. The predicted octanol–water partition coefficient (Wildman–Crippen LogP) is 3.36. The van der Waals surface area contributed by atoms with E-state index >= 15 is 0 Å². The Hall–Kier alpha value is -2.47. The monoisotopic (exact) mass is 475 g/mol. The fourth-order valence-electron chi connectivity index (χ4n) is 3.22. The largest absolute Gasteiger partial charge is 0.378 e. The summed E-state index contributed by atoms with van der Waals surface area (Å²) in [6, 6.07) is 9.87. The number of amides is 2. The van der Waals surface area contributed by atoms with Crippen molar-refractivity contribution in [3.63, 3.8) is 0 Å². The van der Waals surface area contributed by atoms with Crippen molar-refractivity contribution in [3.8, 4) is 10.4 Å². The lowest BCUT2D eigenvalue weighted by Crippen LogP contribution is -2.41. The number of carbonyl (C=O) groups is 2. The van der Waals surface area contributed by atoms with Crippen LogP contribution in [-0.4, -0.2) is 59.0 Å². The first kappa shape index (κ1) is 21.8. The standard InChI is InChI=1S/C20H21N5O3S3/c1-12-15(18(27)25-7-9-28-10-8-25)17(30-16(12)13-5-3-2-4-6-13)22-14(26)11-29-20-24-23-19(21)31-20/h2-6H,7-11H2,1H3,(H2,21,23)(H,22,26). The van der Waals surface area contributed by atoms with Crippen molar-refractivity contribution in [3.05, 3.63) is 41.5 Å². The molecule has 0 radical (unpaired) electrons. The summed E-state index contributed by atoms with van der Waals surface area (Å²) in [4.78, 5) is 28.7. The van der Waals surface area contributed by atoms with Gasteiger partial charge < -0.3 is 20.7 Å². The van der Waals surface area contributed by atoms with Gasteiger partial charge in [0.25, 0.3) is 5.91 Å². The molecule has 0 saturated carbocycles. The van der Waals surface area contributed by atoms with E-state index in [1.54, 1.807) is 4.90 Å². The highest BCUT2D eigenvalue weighted by Gasteiger charge is 2.28. The first-order valence-electron chi connectivity index (χ1n) is 9.60. The lowest BCUT2D eigenvalue weighted by Gasteiger charge is -2.27. The van der Waals surface area contributed by atoms with E-state index in [4.69, 9.17) is 10.5 Å². The van der Waals surface area contributed by atoms with Crippen molar-refractivity contribution in [2.24, 2.45) is 0 Å². The number of thioether (sulfide) groups is 1. The maximum Gasteiger partial charge on any atom is 0.257 e. The van der Waals surface area contributed by atoms with Crippen molar-refractivity contribution in [2.45, 2.75) is 11.3 Å². The number of rotatable bonds is 6. The van der Waals surface area contributed by atoms with E-state index in [-0.39, 0.29) is 17.6 Å². The molecule has 0 bridgehead atoms. The molecule has 1 saturated heterocycles. The van der Waals surface area contributed by atoms with E-state index in [9.17, 15) is 9.59 Å². The molecule has 3 aromatic rings. The average molecular weight is 476 g/mol. The third-order valence-electron chi connectivity index (χ3n) is 4.70. The molecular formula is C20H21N5O3S3. The normalized spacial score (nSPS) is 13.9. The Labute approximate surface area is 191 Å². The molecule has 1 aromatic carbocycles. The summed E-state index contributed by atoms with van der Waals surface area (Å²) < 4.78 is 6.01. The molecule has 2 amide bonds. The predicted molar refractivity (Wildman–Crippen MR) is 125 cm³/mol. The first-order chi connectivity index (χ1) is 15.0. The summed E-state index contributed by atoms with van der Waals surface area (Å²) >= 11 is 3.92. The second-order valence-electron chi connectivity index (χ2n) is 6.77. The van der Waals surface area contributed by atoms with E-state index in [1.807, 2.05) is 37.3 Å². The third-order valence-corrected chi connectivity index (χ3v) is 7.84. The molecule has 2 aromatic heterocycles. The van der Waals surface area contributed by atoms with Crippen LogP contribution in [0.3, 0.4) is 0 Å². The van der Waals surface area contributed by atoms with Gasteiger partial charge in [0.2, 0.25) is 11.0 Å². The minimum absolute atomic E-state index is 0.0842. The van der Waals surface area contributed by atoms with Crippen molar-refractivity contribution < 1.29 is 14.3 Å². The molecule has 11 heteroatoms. The van der Waals surface area contributed by atoms with Gasteiger partial charge in [0, 0.05) is 18.0 Å². The smallest absolute Gasteiger partial charge is 0.257 e. The van der Waals surface area contributed by atoms with Gasteiger partial charge in [-0.05, 0) is 18.1 Å². The van der Waals surface area contributed by atoms with Crippen molar-refractivity contribution in [1.29, 1.82) is 0 Å². The molecule has 1 aliphatic heterocycles. The number of nitrogens with one attached hydrogen (secondary N) is 1. The van der Waals surface area contributed by atoms with E-state index in [0.29, 0.717) is 46.3 Å². The Morgan fingerprint density at radius 2 is 1.94 bits per heavy atom. The topological polar surface area (TPSA) is 110 Å². The zero-order valence-corrected chi connectivity index (χ0v) is 19.2. The van der Waals surface area contributed by atoms with Gasteiger partial charge in [-0.1, -0.05) is 53.4 Å². The SMILES string of the molecule is Cc1c(-c2ccccc2)sc(NC(=O)CSc2nnc(N)s2)c1C(=O)N1CCOCC1. The molecule has 3 N–H and O–H groups in total. The van der Waals surface area contributed by atoms with E-state index in [0.717, 1.165) is 16.0 Å². The molecule has 1 aliphatic rings. The van der Waals surface area contributed by atoms with Crippen molar-refractivity contribution in [1.82, 2.24) is 15.1 Å². The molecule has 31 heavy (non-hydrogen) atoms. The fourth-order valence-corrected chi connectivity index (χ4v) is 5.87. The number of nitrogen functional groups attached to an aromatic ring is 1. The summed E-state index contributed by atoms with van der Waals surface area (Å²) in [5, 5.41) is 11.5. The number of thiophene rings is 1. The van der Waals surface area contributed by atoms with Gasteiger partial charge in [-0.15, -0.1) is 21.5 Å². The lowest BCUT2D eigenvalue weighted by atomic mass is 10.1. The van der Waals surface area contributed by atoms with E-state index in [1.165, 1.54) is 34.4 Å². The van der Waals surface area contributed by atoms with Crippen LogP contribution < -0.4 is 11.1 Å². The Bertz CT molecular complexity index is 1080. The highest BCUT2D eigenvalue weighted by Crippen LogP contribution is 2.40. The summed E-state index contributed by atoms with van der Waals surface area (Å²) in [6.45, 7) is 4.04. The third kappa shape index (κ3) is 5.06. The van der Waals surface area contributed by atoms with Gasteiger partial charge in [-0.25, -0.2) is 0 Å². The van der Waals surface area contributed by atoms with Crippen LogP contribution in [0.25, 0.3) is 10.4 Å². The quantitative estimate of drug-likeness (QED) is 0.526. The van der Waals surface area contributed by atoms with Crippen LogP contribution in [0, 0.1) is 6.92 Å². The second kappa shape index (κ2) is 9.77. The summed E-state index contributed by atoms with van der Waals surface area (Å²) in [7, 11) is 0. The highest BCUT2D eigenvalue weighted by atomic mass is 32.2. The van der Waals surface area contributed by atoms with Crippen LogP contribution in [0.15, 0.2) is 34.7 Å². The van der Waals surface area contributed by atoms with Gasteiger partial charge >= 0.3 is 0 Å². The number of benzene rings is 1. The zero-order chi connectivity index (χ0) is 21.8. The van der Waals surface area contributed by atoms with Crippen LogP contribution in [0.1, 0.15) is 15.9 Å². The lowest BCUT2D eigenvalue weighted by molar-refractivity contribution is -0.113. The second-order valence-corrected chi connectivity index (χ2v) is 10.0. The molecule has 0 atom stereocenters. The molecule has 0 unspecified atom stereocenters. The molecule has 1 fully saturated rings. The Kier molecular flexibility index (Phi) is 6.86.